The zero-order chi connectivity index (χ0) is 30.6. The summed E-state index contributed by atoms with van der Waals surface area (Å²) in [6.45, 7) is 3.65. The van der Waals surface area contributed by atoms with E-state index in [0.717, 1.165) is 39.8 Å². The van der Waals surface area contributed by atoms with Crippen molar-refractivity contribution in [2.45, 2.75) is 64.9 Å². The topological polar surface area (TPSA) is 141 Å². The first kappa shape index (κ1) is 31.6. The van der Waals surface area contributed by atoms with Gasteiger partial charge in [-0.15, -0.1) is 0 Å². The van der Waals surface area contributed by atoms with Crippen molar-refractivity contribution < 1.29 is 29.8 Å². The van der Waals surface area contributed by atoms with Gasteiger partial charge in [0.1, 0.15) is 5.75 Å². The molecule has 1 heterocycles. The van der Waals surface area contributed by atoms with E-state index in [1.165, 1.54) is 24.3 Å². The Morgan fingerprint density at radius 2 is 1.90 bits per heavy atom. The molecule has 1 fully saturated rings. The van der Waals surface area contributed by atoms with Crippen LogP contribution in [-0.2, 0) is 9.59 Å². The van der Waals surface area contributed by atoms with Gasteiger partial charge in [-0.2, -0.15) is 0 Å². The Balaban J connectivity index is 1.63. The van der Waals surface area contributed by atoms with E-state index in [4.69, 9.17) is 0 Å². The maximum atomic E-state index is 13.7. The lowest BCUT2D eigenvalue weighted by atomic mass is 9.67. The zero-order valence-corrected chi connectivity index (χ0v) is 25.4. The first-order chi connectivity index (χ1) is 20.1. The molecule has 9 nitrogen and oxygen atoms in total. The highest BCUT2D eigenvalue weighted by molar-refractivity contribution is 9.10. The van der Waals surface area contributed by atoms with Crippen molar-refractivity contribution in [2.75, 3.05) is 11.5 Å². The second kappa shape index (κ2) is 13.8. The van der Waals surface area contributed by atoms with E-state index < -0.39 is 47.2 Å². The Labute approximate surface area is 253 Å². The van der Waals surface area contributed by atoms with Gasteiger partial charge in [0.25, 0.3) is 5.69 Å². The molecule has 1 aliphatic heterocycles. The van der Waals surface area contributed by atoms with Crippen LogP contribution in [0.4, 0.5) is 11.4 Å². The number of nitro groups is 1. The molecule has 10 heteroatoms. The van der Waals surface area contributed by atoms with Crippen LogP contribution < -0.4 is 4.90 Å². The van der Waals surface area contributed by atoms with Crippen molar-refractivity contribution in [1.82, 2.24) is 0 Å². The SMILES string of the molecule is CCCC1=C([C@H](O)CC/C(=C/c2cc(Br)ccc2O)CCC)[C@H](CO)[C@@H]2C(=O)N(c3cccc([N+](=O)[O-])c3)C(=O)[C@@H]2C1. The van der Waals surface area contributed by atoms with Gasteiger partial charge in [-0.1, -0.05) is 65.9 Å². The van der Waals surface area contributed by atoms with Gasteiger partial charge in [-0.25, -0.2) is 4.90 Å². The van der Waals surface area contributed by atoms with E-state index in [0.29, 0.717) is 36.8 Å². The van der Waals surface area contributed by atoms with Gasteiger partial charge in [-0.05, 0) is 61.9 Å². The number of aliphatic hydroxyl groups excluding tert-OH is 2. The Bertz CT molecular complexity index is 1420. The van der Waals surface area contributed by atoms with Crippen LogP contribution in [0.2, 0.25) is 0 Å². The third-order valence-electron chi connectivity index (χ3n) is 8.25. The maximum absolute atomic E-state index is 13.7. The van der Waals surface area contributed by atoms with Gasteiger partial charge in [0, 0.05) is 28.1 Å². The number of hydrogen-bond donors (Lipinski definition) is 3. The van der Waals surface area contributed by atoms with E-state index in [1.807, 2.05) is 19.1 Å². The number of anilines is 1. The number of phenols is 1. The number of hydrogen-bond acceptors (Lipinski definition) is 7. The number of non-ortho nitro benzene ring substituents is 1. The molecule has 224 valence electrons. The van der Waals surface area contributed by atoms with E-state index in [1.54, 1.807) is 12.1 Å². The predicted octanol–water partition coefficient (Wildman–Crippen LogP) is 6.30. The van der Waals surface area contributed by atoms with Crippen LogP contribution in [-0.4, -0.2) is 44.8 Å². The lowest BCUT2D eigenvalue weighted by Gasteiger charge is -2.36. The quantitative estimate of drug-likeness (QED) is 0.107. The van der Waals surface area contributed by atoms with Gasteiger partial charge < -0.3 is 15.3 Å². The number of aromatic hydroxyl groups is 1. The number of benzene rings is 2. The van der Waals surface area contributed by atoms with Gasteiger partial charge >= 0.3 is 0 Å². The summed E-state index contributed by atoms with van der Waals surface area (Å²) in [4.78, 5) is 39.1. The Morgan fingerprint density at radius 1 is 1.14 bits per heavy atom. The molecule has 2 amide bonds. The highest BCUT2D eigenvalue weighted by Crippen LogP contribution is 2.48. The summed E-state index contributed by atoms with van der Waals surface area (Å²) in [6.07, 6.45) is 5.24. The molecule has 4 rings (SSSR count). The number of aliphatic hydroxyl groups is 2. The van der Waals surface area contributed by atoms with E-state index in [2.05, 4.69) is 22.9 Å². The molecule has 0 bridgehead atoms. The van der Waals surface area contributed by atoms with Gasteiger partial charge in [0.15, 0.2) is 0 Å². The highest BCUT2D eigenvalue weighted by Gasteiger charge is 2.55. The molecule has 2 aromatic carbocycles. The largest absolute Gasteiger partial charge is 0.507 e. The van der Waals surface area contributed by atoms with Gasteiger partial charge in [-0.3, -0.25) is 19.7 Å². The molecule has 42 heavy (non-hydrogen) atoms. The molecule has 4 atom stereocenters. The first-order valence-corrected chi connectivity index (χ1v) is 15.2. The fourth-order valence-electron chi connectivity index (χ4n) is 6.43. The lowest BCUT2D eigenvalue weighted by Crippen LogP contribution is -2.39. The number of halogens is 1. The molecule has 2 aliphatic rings. The van der Waals surface area contributed by atoms with Crippen LogP contribution in [0, 0.1) is 27.9 Å². The normalized spacial score (nSPS) is 21.6. The summed E-state index contributed by atoms with van der Waals surface area (Å²) in [7, 11) is 0. The van der Waals surface area contributed by atoms with Crippen LogP contribution in [0.15, 0.2) is 63.7 Å². The van der Waals surface area contributed by atoms with Crippen molar-refractivity contribution >= 4 is 45.2 Å². The fourth-order valence-corrected chi connectivity index (χ4v) is 6.81. The third-order valence-corrected chi connectivity index (χ3v) is 8.74. The van der Waals surface area contributed by atoms with Crippen LogP contribution >= 0.6 is 15.9 Å². The van der Waals surface area contributed by atoms with E-state index >= 15 is 0 Å². The molecule has 0 aromatic heterocycles. The molecule has 1 saturated heterocycles. The molecule has 1 aliphatic carbocycles. The lowest BCUT2D eigenvalue weighted by molar-refractivity contribution is -0.384. The van der Waals surface area contributed by atoms with Crippen molar-refractivity contribution in [1.29, 1.82) is 0 Å². The summed E-state index contributed by atoms with van der Waals surface area (Å²) in [5.41, 5.74) is 3.16. The Hall–Kier alpha value is -3.34. The molecular weight excluding hydrogens is 604 g/mol. The second-order valence-electron chi connectivity index (χ2n) is 11.0. The second-order valence-corrected chi connectivity index (χ2v) is 11.9. The molecule has 0 spiro atoms. The standard InChI is InChI=1S/C32H37BrN2O7/c1-3-6-19(14-21-15-22(33)11-13-27(21)37)10-12-28(38)29-20(7-4-2)16-25-30(26(29)18-36)32(40)34(31(25)39)23-8-5-9-24(17-23)35(41)42/h5,8-9,11,13-15,17,25-26,28,30,36-38H,3-4,6-7,10,12,16,18H2,1-2H3/b19-14+/t25-,26+,28-,30-/m1/s1. The fraction of sp³-hybridized carbons (Fsp3) is 0.438. The van der Waals surface area contributed by atoms with Crippen LogP contribution in [0.1, 0.15) is 64.4 Å². The minimum Gasteiger partial charge on any atom is -0.507 e. The number of carbonyl (C=O) groups excluding carboxylic acids is 2. The van der Waals surface area contributed by atoms with Crippen LogP contribution in [0.25, 0.3) is 6.08 Å². The summed E-state index contributed by atoms with van der Waals surface area (Å²) in [5, 5.41) is 43.8. The first-order valence-electron chi connectivity index (χ1n) is 14.4. The van der Waals surface area contributed by atoms with Crippen molar-refractivity contribution in [3.8, 4) is 5.75 Å². The number of rotatable bonds is 12. The molecule has 0 saturated carbocycles. The minimum atomic E-state index is -0.934. The van der Waals surface area contributed by atoms with Crippen molar-refractivity contribution in [3.05, 3.63) is 79.3 Å². The van der Waals surface area contributed by atoms with Gasteiger partial charge in [0.2, 0.25) is 11.8 Å². The number of nitro benzene ring substituents is 1. The average molecular weight is 642 g/mol. The Morgan fingerprint density at radius 3 is 2.57 bits per heavy atom. The maximum Gasteiger partial charge on any atom is 0.271 e. The number of amides is 2. The molecule has 3 N–H and O–H groups in total. The van der Waals surface area contributed by atoms with Crippen molar-refractivity contribution in [2.24, 2.45) is 17.8 Å². The van der Waals surface area contributed by atoms with E-state index in [-0.39, 0.29) is 17.1 Å². The number of nitrogens with zero attached hydrogens (tertiary/aromatic N) is 2. The smallest absolute Gasteiger partial charge is 0.271 e. The summed E-state index contributed by atoms with van der Waals surface area (Å²) in [6, 6.07) is 10.7. The molecule has 0 unspecified atom stereocenters. The highest BCUT2D eigenvalue weighted by atomic mass is 79.9. The summed E-state index contributed by atoms with van der Waals surface area (Å²) < 4.78 is 0.842. The van der Waals surface area contributed by atoms with Crippen molar-refractivity contribution in [3.63, 3.8) is 0 Å². The minimum absolute atomic E-state index is 0.134. The monoisotopic (exact) mass is 640 g/mol. The summed E-state index contributed by atoms with van der Waals surface area (Å²) >= 11 is 3.44. The summed E-state index contributed by atoms with van der Waals surface area (Å²) in [5.74, 6) is -3.10. The van der Waals surface area contributed by atoms with Crippen LogP contribution in [0.3, 0.4) is 0 Å². The third kappa shape index (κ3) is 6.50. The number of fused-ring (bicyclic) bond motifs is 1. The number of phenolic OH excluding ortho intramolecular Hbond substituents is 1. The van der Waals surface area contributed by atoms with Crippen LogP contribution in [0.5, 0.6) is 5.75 Å². The van der Waals surface area contributed by atoms with Gasteiger partial charge in [0.05, 0.1) is 35.2 Å². The number of imide groups is 1. The predicted molar refractivity (Wildman–Crippen MR) is 164 cm³/mol. The molecule has 2 aromatic rings. The zero-order valence-electron chi connectivity index (χ0n) is 23.8. The molecular formula is C32H37BrN2O7. The number of allylic oxidation sites excluding steroid dienone is 2. The number of carbonyl (C=O) groups is 2. The average Bonchev–Trinajstić information content (AvgIpc) is 3.21. The van der Waals surface area contributed by atoms with E-state index in [9.17, 15) is 35.0 Å². The Kier molecular flexibility index (Phi) is 10.3. The molecule has 0 radical (unpaired) electrons.